The molecule has 0 saturated carbocycles. The number of fused-ring (bicyclic) bond motifs is 2. The van der Waals surface area contributed by atoms with Gasteiger partial charge in [0.25, 0.3) is 0 Å². The lowest BCUT2D eigenvalue weighted by molar-refractivity contribution is 0.0992. The molecule has 0 amide bonds. The molecule has 136 valence electrons. The van der Waals surface area contributed by atoms with Gasteiger partial charge in [-0.05, 0) is 42.5 Å². The maximum absolute atomic E-state index is 12.7. The minimum Gasteiger partial charge on any atom is -0.464 e. The molecule has 0 aliphatic carbocycles. The van der Waals surface area contributed by atoms with Crippen molar-refractivity contribution in [3.63, 3.8) is 0 Å². The van der Waals surface area contributed by atoms with Gasteiger partial charge in [0.1, 0.15) is 5.58 Å². The lowest BCUT2D eigenvalue weighted by atomic mass is 10.0. The van der Waals surface area contributed by atoms with Crippen LogP contribution in [0.5, 0.6) is 0 Å². The lowest BCUT2D eigenvalue weighted by Gasteiger charge is -2.05. The van der Waals surface area contributed by atoms with Gasteiger partial charge in [0.2, 0.25) is 0 Å². The number of pyridine rings is 2. The monoisotopic (exact) mass is 368 g/mol. The maximum Gasteiger partial charge on any atom is 0.168 e. The number of hydrogen-bond acceptors (Lipinski definition) is 5. The Morgan fingerprint density at radius 2 is 2.00 bits per heavy atom. The number of carbonyl (C=O) groups is 1. The van der Waals surface area contributed by atoms with Gasteiger partial charge in [-0.25, -0.2) is 4.98 Å². The van der Waals surface area contributed by atoms with Crippen molar-refractivity contribution < 1.29 is 9.21 Å². The van der Waals surface area contributed by atoms with Crippen LogP contribution in [0.4, 0.5) is 0 Å². The second kappa shape index (κ2) is 6.42. The summed E-state index contributed by atoms with van der Waals surface area (Å²) in [5.74, 6) is 0.0124. The van der Waals surface area contributed by atoms with Gasteiger partial charge in [-0.3, -0.25) is 14.5 Å². The molecule has 0 fully saturated rings. The van der Waals surface area contributed by atoms with Gasteiger partial charge in [0.05, 0.1) is 35.8 Å². The van der Waals surface area contributed by atoms with Crippen molar-refractivity contribution in [3.8, 4) is 11.3 Å². The quantitative estimate of drug-likeness (QED) is 0.445. The normalized spacial score (nSPS) is 11.3. The molecule has 5 rings (SSSR count). The summed E-state index contributed by atoms with van der Waals surface area (Å²) in [7, 11) is 1.87. The third-order valence-electron chi connectivity index (χ3n) is 4.75. The van der Waals surface area contributed by atoms with E-state index in [-0.39, 0.29) is 12.2 Å². The van der Waals surface area contributed by atoms with Crippen molar-refractivity contribution in [2.45, 2.75) is 6.42 Å². The van der Waals surface area contributed by atoms with Crippen molar-refractivity contribution in [3.05, 3.63) is 78.6 Å². The molecule has 0 spiro atoms. The van der Waals surface area contributed by atoms with Crippen LogP contribution in [0.1, 0.15) is 16.1 Å². The molecule has 4 aromatic heterocycles. The molecule has 0 radical (unpaired) electrons. The van der Waals surface area contributed by atoms with Crippen molar-refractivity contribution in [1.29, 1.82) is 0 Å². The van der Waals surface area contributed by atoms with E-state index in [0.717, 1.165) is 33.1 Å². The summed E-state index contributed by atoms with van der Waals surface area (Å²) >= 11 is 0. The van der Waals surface area contributed by atoms with E-state index < -0.39 is 0 Å². The number of benzene rings is 1. The van der Waals surface area contributed by atoms with E-state index in [4.69, 9.17) is 9.40 Å². The number of furan rings is 1. The highest BCUT2D eigenvalue weighted by Gasteiger charge is 2.11. The molecule has 6 nitrogen and oxygen atoms in total. The Hall–Kier alpha value is -3.80. The molecular formula is C22H16N4O2. The van der Waals surface area contributed by atoms with Crippen LogP contribution < -0.4 is 0 Å². The Morgan fingerprint density at radius 3 is 2.86 bits per heavy atom. The molecule has 0 saturated heterocycles. The molecular weight excluding hydrogens is 352 g/mol. The number of ketones is 1. The molecule has 4 heterocycles. The Labute approximate surface area is 160 Å². The van der Waals surface area contributed by atoms with E-state index >= 15 is 0 Å². The molecule has 0 N–H and O–H groups in total. The highest BCUT2D eigenvalue weighted by molar-refractivity contribution is 6.00. The van der Waals surface area contributed by atoms with Crippen LogP contribution in [-0.4, -0.2) is 25.5 Å². The SMILES string of the molecule is Cn1cc(-c2ccc3cnc(CC(=O)c4ccc5occc5c4)cc3n2)cn1. The first-order valence-corrected chi connectivity index (χ1v) is 8.91. The van der Waals surface area contributed by atoms with Gasteiger partial charge in [-0.15, -0.1) is 0 Å². The highest BCUT2D eigenvalue weighted by atomic mass is 16.3. The van der Waals surface area contributed by atoms with E-state index in [1.54, 1.807) is 29.4 Å². The van der Waals surface area contributed by atoms with E-state index in [2.05, 4.69) is 10.1 Å². The zero-order chi connectivity index (χ0) is 19.1. The van der Waals surface area contributed by atoms with E-state index in [9.17, 15) is 4.79 Å². The van der Waals surface area contributed by atoms with E-state index in [1.807, 2.05) is 49.6 Å². The van der Waals surface area contributed by atoms with Crippen LogP contribution >= 0.6 is 0 Å². The smallest absolute Gasteiger partial charge is 0.168 e. The fourth-order valence-corrected chi connectivity index (χ4v) is 3.28. The third-order valence-corrected chi connectivity index (χ3v) is 4.75. The third kappa shape index (κ3) is 2.95. The summed E-state index contributed by atoms with van der Waals surface area (Å²) in [6.07, 6.45) is 7.31. The summed E-state index contributed by atoms with van der Waals surface area (Å²) in [6.45, 7) is 0. The van der Waals surface area contributed by atoms with Crippen LogP contribution in [0.2, 0.25) is 0 Å². The number of aryl methyl sites for hydroxylation is 1. The zero-order valence-electron chi connectivity index (χ0n) is 15.2. The molecule has 1 aromatic carbocycles. The average molecular weight is 368 g/mol. The molecule has 0 atom stereocenters. The topological polar surface area (TPSA) is 73.8 Å². The second-order valence-corrected chi connectivity index (χ2v) is 6.74. The highest BCUT2D eigenvalue weighted by Crippen LogP contribution is 2.22. The van der Waals surface area contributed by atoms with Gasteiger partial charge in [0, 0.05) is 41.3 Å². The summed E-state index contributed by atoms with van der Waals surface area (Å²) in [5.41, 5.74) is 4.71. The Kier molecular flexibility index (Phi) is 3.76. The van der Waals surface area contributed by atoms with Gasteiger partial charge in [0.15, 0.2) is 5.78 Å². The van der Waals surface area contributed by atoms with Crippen LogP contribution in [-0.2, 0) is 13.5 Å². The number of nitrogens with zero attached hydrogens (tertiary/aromatic N) is 4. The number of carbonyl (C=O) groups excluding carboxylic acids is 1. The molecule has 0 aliphatic heterocycles. The van der Waals surface area contributed by atoms with Crippen LogP contribution in [0.15, 0.2) is 71.7 Å². The predicted octanol–water partition coefficient (Wildman–Crippen LogP) is 4.20. The first-order chi connectivity index (χ1) is 13.7. The zero-order valence-corrected chi connectivity index (χ0v) is 15.2. The summed E-state index contributed by atoms with van der Waals surface area (Å²) in [6, 6.07) is 13.1. The first-order valence-electron chi connectivity index (χ1n) is 8.91. The van der Waals surface area contributed by atoms with Gasteiger partial charge in [-0.2, -0.15) is 5.10 Å². The average Bonchev–Trinajstić information content (AvgIpc) is 3.35. The van der Waals surface area contributed by atoms with E-state index in [0.29, 0.717) is 11.3 Å². The van der Waals surface area contributed by atoms with Gasteiger partial charge >= 0.3 is 0 Å². The lowest BCUT2D eigenvalue weighted by Crippen LogP contribution is -2.05. The van der Waals surface area contributed by atoms with Crippen LogP contribution in [0, 0.1) is 0 Å². The Morgan fingerprint density at radius 1 is 1.07 bits per heavy atom. The second-order valence-electron chi connectivity index (χ2n) is 6.74. The minimum absolute atomic E-state index is 0.0124. The largest absolute Gasteiger partial charge is 0.464 e. The Bertz CT molecular complexity index is 1330. The number of rotatable bonds is 4. The summed E-state index contributed by atoms with van der Waals surface area (Å²) in [4.78, 5) is 21.9. The first kappa shape index (κ1) is 16.4. The van der Waals surface area contributed by atoms with Crippen molar-refractivity contribution in [2.75, 3.05) is 0 Å². The molecule has 0 unspecified atom stereocenters. The fourth-order valence-electron chi connectivity index (χ4n) is 3.28. The summed E-state index contributed by atoms with van der Waals surface area (Å²) in [5, 5.41) is 6.04. The molecule has 5 aromatic rings. The minimum atomic E-state index is 0.0124. The van der Waals surface area contributed by atoms with Crippen molar-refractivity contribution in [1.82, 2.24) is 19.7 Å². The van der Waals surface area contributed by atoms with E-state index in [1.165, 1.54) is 0 Å². The van der Waals surface area contributed by atoms with Crippen LogP contribution in [0.3, 0.4) is 0 Å². The number of Topliss-reactive ketones (excluding diaryl/α,β-unsaturated/α-hetero) is 1. The van der Waals surface area contributed by atoms with Crippen LogP contribution in [0.25, 0.3) is 33.1 Å². The van der Waals surface area contributed by atoms with Gasteiger partial charge in [-0.1, -0.05) is 0 Å². The van der Waals surface area contributed by atoms with Gasteiger partial charge < -0.3 is 4.42 Å². The molecule has 0 aliphatic rings. The summed E-state index contributed by atoms with van der Waals surface area (Å²) < 4.78 is 7.08. The standard InChI is InChI=1S/C22H16N4O2/c1-26-13-17(12-24-26)19-4-2-16-11-23-18(9-20(16)25-19)10-21(27)14-3-5-22-15(8-14)6-7-28-22/h2-9,11-13H,10H2,1H3. The maximum atomic E-state index is 12.7. The van der Waals surface area contributed by atoms with Crippen molar-refractivity contribution in [2.24, 2.45) is 7.05 Å². The molecule has 0 bridgehead atoms. The molecule has 6 heteroatoms. The van der Waals surface area contributed by atoms with Crippen molar-refractivity contribution >= 4 is 27.7 Å². The number of aromatic nitrogens is 4. The number of hydrogen-bond donors (Lipinski definition) is 0. The Balaban J connectivity index is 1.45. The fraction of sp³-hybridized carbons (Fsp3) is 0.0909. The molecule has 28 heavy (non-hydrogen) atoms. The predicted molar refractivity (Wildman–Crippen MR) is 106 cm³/mol.